The van der Waals surface area contributed by atoms with Crippen molar-refractivity contribution in [3.8, 4) is 0 Å². The molecule has 2 rings (SSSR count). The van der Waals surface area contributed by atoms with E-state index in [1.165, 1.54) is 0 Å². The van der Waals surface area contributed by atoms with Crippen LogP contribution in [-0.4, -0.2) is 17.7 Å². The Morgan fingerprint density at radius 2 is 1.82 bits per heavy atom. The highest BCUT2D eigenvalue weighted by atomic mass is 35.5. The largest absolute Gasteiger partial charge is 0.325 e. The molecule has 22 heavy (non-hydrogen) atoms. The summed E-state index contributed by atoms with van der Waals surface area (Å²) < 4.78 is 0. The van der Waals surface area contributed by atoms with Gasteiger partial charge in [0, 0.05) is 16.9 Å². The van der Waals surface area contributed by atoms with Gasteiger partial charge in [0.05, 0.1) is 0 Å². The number of hydrogen-bond donors (Lipinski definition) is 2. The number of alkyl halides is 1. The minimum atomic E-state index is -0.310. The van der Waals surface area contributed by atoms with Crippen LogP contribution in [0.25, 0.3) is 0 Å². The van der Waals surface area contributed by atoms with Crippen molar-refractivity contribution in [2.45, 2.75) is 13.3 Å². The fourth-order valence-electron chi connectivity index (χ4n) is 2.08. The van der Waals surface area contributed by atoms with E-state index in [0.29, 0.717) is 11.3 Å². The lowest BCUT2D eigenvalue weighted by Crippen LogP contribution is -2.15. The number of anilines is 2. The molecule has 2 aromatic rings. The quantitative estimate of drug-likeness (QED) is 0.827. The number of carbonyl (C=O) groups excluding carboxylic acids is 2. The average Bonchev–Trinajstić information content (AvgIpc) is 2.55. The average molecular weight is 317 g/mol. The second-order valence-electron chi connectivity index (χ2n) is 4.73. The molecule has 5 heteroatoms. The Kier molecular flexibility index (Phi) is 5.55. The first kappa shape index (κ1) is 16.0. The summed E-state index contributed by atoms with van der Waals surface area (Å²) in [6.07, 6.45) is 0.836. The summed E-state index contributed by atoms with van der Waals surface area (Å²) >= 11 is 5.45. The van der Waals surface area contributed by atoms with E-state index < -0.39 is 0 Å². The molecule has 0 aliphatic rings. The predicted octanol–water partition coefficient (Wildman–Crippen LogP) is 3.68. The van der Waals surface area contributed by atoms with Gasteiger partial charge in [-0.15, -0.1) is 11.6 Å². The molecule has 2 amide bonds. The van der Waals surface area contributed by atoms with Crippen molar-refractivity contribution in [2.24, 2.45) is 0 Å². The van der Waals surface area contributed by atoms with Gasteiger partial charge < -0.3 is 10.6 Å². The van der Waals surface area contributed by atoms with Gasteiger partial charge in [0.25, 0.3) is 5.91 Å². The van der Waals surface area contributed by atoms with E-state index >= 15 is 0 Å². The molecule has 0 saturated heterocycles. The van der Waals surface area contributed by atoms with Gasteiger partial charge in [0.15, 0.2) is 0 Å². The fraction of sp³-hybridized carbons (Fsp3) is 0.176. The summed E-state index contributed by atoms with van der Waals surface area (Å²) in [6.45, 7) is 2.04. The first-order valence-corrected chi connectivity index (χ1v) is 7.52. The van der Waals surface area contributed by atoms with Crippen LogP contribution >= 0.6 is 11.6 Å². The van der Waals surface area contributed by atoms with Crippen molar-refractivity contribution in [3.63, 3.8) is 0 Å². The van der Waals surface area contributed by atoms with Crippen LogP contribution in [0.4, 0.5) is 11.4 Å². The Labute approximate surface area is 134 Å². The van der Waals surface area contributed by atoms with Crippen molar-refractivity contribution < 1.29 is 9.59 Å². The number of carbonyl (C=O) groups is 2. The minimum Gasteiger partial charge on any atom is -0.325 e. The van der Waals surface area contributed by atoms with E-state index in [0.717, 1.165) is 17.7 Å². The molecule has 0 fully saturated rings. The number of aryl methyl sites for hydroxylation is 1. The summed E-state index contributed by atoms with van der Waals surface area (Å²) in [5, 5.41) is 5.52. The van der Waals surface area contributed by atoms with Gasteiger partial charge in [-0.25, -0.2) is 0 Å². The number of nitrogens with one attached hydrogen (secondary N) is 2. The SMILES string of the molecule is CCc1ccccc1NC(=O)c1cccc(NC(=O)CCl)c1. The number of para-hydroxylation sites is 1. The lowest BCUT2D eigenvalue weighted by atomic mass is 10.1. The molecule has 2 aromatic carbocycles. The summed E-state index contributed by atoms with van der Waals surface area (Å²) in [5.41, 5.74) is 2.88. The van der Waals surface area contributed by atoms with Crippen molar-refractivity contribution in [1.82, 2.24) is 0 Å². The highest BCUT2D eigenvalue weighted by Crippen LogP contribution is 2.18. The molecule has 2 N–H and O–H groups in total. The van der Waals surface area contributed by atoms with Crippen LogP contribution in [0.3, 0.4) is 0 Å². The topological polar surface area (TPSA) is 58.2 Å². The van der Waals surface area contributed by atoms with Gasteiger partial charge in [-0.1, -0.05) is 31.2 Å². The Hall–Kier alpha value is -2.33. The normalized spacial score (nSPS) is 10.1. The summed E-state index contributed by atoms with van der Waals surface area (Å²) in [4.78, 5) is 23.6. The third-order valence-corrected chi connectivity index (χ3v) is 3.42. The van der Waals surface area contributed by atoms with Gasteiger partial charge in [-0.2, -0.15) is 0 Å². The van der Waals surface area contributed by atoms with Crippen molar-refractivity contribution >= 4 is 34.8 Å². The highest BCUT2D eigenvalue weighted by molar-refractivity contribution is 6.29. The van der Waals surface area contributed by atoms with E-state index in [2.05, 4.69) is 10.6 Å². The Balaban J connectivity index is 2.16. The summed E-state index contributed by atoms with van der Waals surface area (Å²) in [7, 11) is 0. The van der Waals surface area contributed by atoms with Crippen LogP contribution < -0.4 is 10.6 Å². The molecule has 0 spiro atoms. The number of halogens is 1. The van der Waals surface area contributed by atoms with Gasteiger partial charge in [-0.05, 0) is 36.2 Å². The molecule has 0 aromatic heterocycles. The van der Waals surface area contributed by atoms with Crippen LogP contribution in [0.15, 0.2) is 48.5 Å². The van der Waals surface area contributed by atoms with Crippen LogP contribution in [0.2, 0.25) is 0 Å². The predicted molar refractivity (Wildman–Crippen MR) is 89.6 cm³/mol. The summed E-state index contributed by atoms with van der Waals surface area (Å²) in [5.74, 6) is -0.654. The maximum absolute atomic E-state index is 12.3. The molecule has 0 heterocycles. The van der Waals surface area contributed by atoms with E-state index in [9.17, 15) is 9.59 Å². The van der Waals surface area contributed by atoms with Crippen molar-refractivity contribution in [3.05, 3.63) is 59.7 Å². The fourth-order valence-corrected chi connectivity index (χ4v) is 2.14. The van der Waals surface area contributed by atoms with Crippen LogP contribution in [-0.2, 0) is 11.2 Å². The Morgan fingerprint density at radius 1 is 1.05 bits per heavy atom. The number of benzene rings is 2. The van der Waals surface area contributed by atoms with Gasteiger partial charge >= 0.3 is 0 Å². The highest BCUT2D eigenvalue weighted by Gasteiger charge is 2.09. The Morgan fingerprint density at radius 3 is 2.55 bits per heavy atom. The zero-order valence-electron chi connectivity index (χ0n) is 12.2. The third kappa shape index (κ3) is 4.09. The molecule has 4 nitrogen and oxygen atoms in total. The first-order chi connectivity index (χ1) is 10.6. The van der Waals surface area contributed by atoms with Crippen molar-refractivity contribution in [1.29, 1.82) is 0 Å². The molecule has 0 saturated carbocycles. The first-order valence-electron chi connectivity index (χ1n) is 6.99. The van der Waals surface area contributed by atoms with E-state index in [1.807, 2.05) is 31.2 Å². The lowest BCUT2D eigenvalue weighted by molar-refractivity contribution is -0.113. The minimum absolute atomic E-state index is 0.125. The maximum Gasteiger partial charge on any atom is 0.255 e. The molecular weight excluding hydrogens is 300 g/mol. The second kappa shape index (κ2) is 7.61. The van der Waals surface area contributed by atoms with Crippen LogP contribution in [0.5, 0.6) is 0 Å². The van der Waals surface area contributed by atoms with E-state index in [-0.39, 0.29) is 17.7 Å². The number of rotatable bonds is 5. The number of hydrogen-bond acceptors (Lipinski definition) is 2. The molecule has 0 radical (unpaired) electrons. The summed E-state index contributed by atoms with van der Waals surface area (Å²) in [6, 6.07) is 14.4. The molecule has 0 aliphatic carbocycles. The molecule has 0 aliphatic heterocycles. The van der Waals surface area contributed by atoms with Crippen LogP contribution in [0.1, 0.15) is 22.8 Å². The second-order valence-corrected chi connectivity index (χ2v) is 4.99. The molecule has 0 atom stereocenters. The van der Waals surface area contributed by atoms with Gasteiger partial charge in [-0.3, -0.25) is 9.59 Å². The van der Waals surface area contributed by atoms with Gasteiger partial charge in [0.1, 0.15) is 5.88 Å². The Bertz CT molecular complexity index is 686. The molecule has 114 valence electrons. The van der Waals surface area contributed by atoms with E-state index in [1.54, 1.807) is 24.3 Å². The molecule has 0 bridgehead atoms. The van der Waals surface area contributed by atoms with Crippen molar-refractivity contribution in [2.75, 3.05) is 16.5 Å². The monoisotopic (exact) mass is 316 g/mol. The number of amides is 2. The standard InChI is InChI=1S/C17H17ClN2O2/c1-2-12-6-3-4-9-15(12)20-17(22)13-7-5-8-14(10-13)19-16(21)11-18/h3-10H,2,11H2,1H3,(H,19,21)(H,20,22). The van der Waals surface area contributed by atoms with E-state index in [4.69, 9.17) is 11.6 Å². The zero-order chi connectivity index (χ0) is 15.9. The molecule has 0 unspecified atom stereocenters. The molecular formula is C17H17ClN2O2. The van der Waals surface area contributed by atoms with Gasteiger partial charge in [0.2, 0.25) is 5.91 Å². The maximum atomic E-state index is 12.3. The van der Waals surface area contributed by atoms with Crippen LogP contribution in [0, 0.1) is 0 Å². The third-order valence-electron chi connectivity index (χ3n) is 3.18. The smallest absolute Gasteiger partial charge is 0.255 e. The zero-order valence-corrected chi connectivity index (χ0v) is 13.0. The lowest BCUT2D eigenvalue weighted by Gasteiger charge is -2.10.